The van der Waals surface area contributed by atoms with Crippen LogP contribution in [0.25, 0.3) is 0 Å². The van der Waals surface area contributed by atoms with Crippen molar-refractivity contribution in [2.45, 2.75) is 95.8 Å². The Morgan fingerprint density at radius 2 is 0.436 bits per heavy atom. The number of hydrogen-bond donors (Lipinski definition) is 0. The first kappa shape index (κ1) is 68.5. The number of aromatic nitrogens is 4. The van der Waals surface area contributed by atoms with E-state index in [4.69, 9.17) is 0 Å². The Labute approximate surface area is 404 Å². The van der Waals surface area contributed by atoms with E-state index in [1.165, 1.54) is 0 Å². The van der Waals surface area contributed by atoms with Crippen molar-refractivity contribution in [1.29, 1.82) is 0 Å². The third-order valence-electron chi connectivity index (χ3n) is 9.23. The Kier molecular flexibility index (Phi) is 18.3. The molecule has 0 aliphatic carbocycles. The molecule has 2 heterocycles. The monoisotopic (exact) mass is 1240 g/mol. The van der Waals surface area contributed by atoms with Gasteiger partial charge in [0.2, 0.25) is 35.4 Å². The molecule has 0 aliphatic heterocycles. The molecule has 2 aromatic heterocycles. The highest BCUT2D eigenvalue weighted by Gasteiger charge is 2.85. The predicted molar refractivity (Wildman–Crippen MR) is 176 cm³/mol. The second kappa shape index (κ2) is 20.8. The molecule has 0 spiro atoms. The van der Waals surface area contributed by atoms with Crippen molar-refractivity contribution in [3.8, 4) is 23.5 Å². The Balaban J connectivity index is 2.73. The van der Waals surface area contributed by atoms with Crippen LogP contribution in [0, 0.1) is 0 Å². The van der Waals surface area contributed by atoms with E-state index < -0.39 is 183 Å². The van der Waals surface area contributed by atoms with Crippen molar-refractivity contribution in [2.24, 2.45) is 0 Å². The van der Waals surface area contributed by atoms with Crippen LogP contribution in [0.1, 0.15) is 0 Å². The molecule has 0 N–H and O–H groups in total. The molecule has 78 heavy (non-hydrogen) atoms. The number of likely N-dealkylation sites (N-methyl/N-ethyl adjacent to an activating group) is 2. The van der Waals surface area contributed by atoms with Crippen molar-refractivity contribution in [3.63, 3.8) is 0 Å². The molecule has 2 aromatic rings. The molecular weight excluding hydrogens is 1220 g/mol. The van der Waals surface area contributed by atoms with Crippen molar-refractivity contribution in [1.82, 2.24) is 19.9 Å². The van der Waals surface area contributed by atoms with Gasteiger partial charge >= 0.3 is 95.8 Å². The smallest absolute Gasteiger partial charge is 0.460 e. The fourth-order valence-electron chi connectivity index (χ4n) is 4.57. The minimum Gasteiger partial charge on any atom is -0.471 e. The lowest BCUT2D eigenvalue weighted by molar-refractivity contribution is -0.398. The molecule has 0 saturated carbocycles. The second-order valence-electron chi connectivity index (χ2n) is 15.1. The quantitative estimate of drug-likeness (QED) is 0.0895. The van der Waals surface area contributed by atoms with Crippen molar-refractivity contribution < 1.29 is 177 Å². The molecule has 10 nitrogen and oxygen atoms in total. The van der Waals surface area contributed by atoms with Gasteiger partial charge in [-0.3, -0.25) is 0 Å². The predicted octanol–water partition coefficient (Wildman–Crippen LogP) is 12.2. The van der Waals surface area contributed by atoms with E-state index in [1.807, 2.05) is 0 Å². The molecule has 0 saturated heterocycles. The standard InChI is InChI=1S/C32H20F36N6O4/c1-73(15-69-11(75-7-17(33,34)21(41,42)25(49,50)29(57,58)59)5-12(70-15)76-8-18(35,36)22(43,44)26(51,52)30(60,61)62)3-4-74(2)16-71-13(77-9-19(37,38)23(45,46)27(53,54)31(63,64)65)6-14(72-16)78-10-20(39,40)24(47,48)28(55,56)32(66,67)68/h5-6H,3-4,7-10H2,1-2H3. The summed E-state index contributed by atoms with van der Waals surface area (Å²) in [6, 6.07) is -0.992. The van der Waals surface area contributed by atoms with E-state index in [1.54, 1.807) is 0 Å². The fourth-order valence-corrected chi connectivity index (χ4v) is 4.57. The highest BCUT2D eigenvalue weighted by atomic mass is 19.5. The molecule has 0 bridgehead atoms. The van der Waals surface area contributed by atoms with Gasteiger partial charge in [0.15, 0.2) is 26.4 Å². The van der Waals surface area contributed by atoms with Crippen molar-refractivity contribution in [2.75, 3.05) is 63.4 Å². The van der Waals surface area contributed by atoms with Crippen molar-refractivity contribution >= 4 is 11.9 Å². The first-order chi connectivity index (χ1) is 34.1. The topological polar surface area (TPSA) is 95.0 Å². The molecule has 0 atom stereocenters. The van der Waals surface area contributed by atoms with Crippen LogP contribution in [0.4, 0.5) is 170 Å². The van der Waals surface area contributed by atoms with Crippen LogP contribution in [-0.4, -0.2) is 169 Å². The molecule has 0 radical (unpaired) electrons. The summed E-state index contributed by atoms with van der Waals surface area (Å²) in [5, 5.41) is 0. The largest absolute Gasteiger partial charge is 0.471 e. The number of alkyl halides is 36. The van der Waals surface area contributed by atoms with Gasteiger partial charge in [0.25, 0.3) is 0 Å². The summed E-state index contributed by atoms with van der Waals surface area (Å²) >= 11 is 0. The Hall–Kier alpha value is -5.56. The summed E-state index contributed by atoms with van der Waals surface area (Å²) in [7, 11) is 0.895. The van der Waals surface area contributed by atoms with Crippen LogP contribution >= 0.6 is 0 Å². The van der Waals surface area contributed by atoms with Gasteiger partial charge in [-0.2, -0.15) is 178 Å². The summed E-state index contributed by atoms with van der Waals surface area (Å²) in [4.78, 5) is 12.3. The Bertz CT molecular complexity index is 2060. The number of hydrogen-bond acceptors (Lipinski definition) is 10. The lowest BCUT2D eigenvalue weighted by Crippen LogP contribution is -2.62. The normalized spacial score (nSPS) is 15.1. The number of nitrogens with zero attached hydrogens (tertiary/aromatic N) is 6. The van der Waals surface area contributed by atoms with Crippen LogP contribution < -0.4 is 28.7 Å². The maximum atomic E-state index is 14.2. The number of rotatable bonds is 25. The molecule has 0 unspecified atom stereocenters. The third kappa shape index (κ3) is 12.7. The zero-order valence-electron chi connectivity index (χ0n) is 36.3. The summed E-state index contributed by atoms with van der Waals surface area (Å²) in [6.45, 7) is -16.3. The summed E-state index contributed by atoms with van der Waals surface area (Å²) in [5.74, 6) is -99.1. The summed E-state index contributed by atoms with van der Waals surface area (Å²) in [5.41, 5.74) is 0. The third-order valence-corrected chi connectivity index (χ3v) is 9.23. The molecule has 2 rings (SSSR count). The summed E-state index contributed by atoms with van der Waals surface area (Å²) < 4.78 is 498. The highest BCUT2D eigenvalue weighted by Crippen LogP contribution is 2.57. The maximum absolute atomic E-state index is 14.2. The van der Waals surface area contributed by atoms with E-state index in [-0.39, 0.29) is 9.80 Å². The van der Waals surface area contributed by atoms with Crippen molar-refractivity contribution in [3.05, 3.63) is 12.1 Å². The minimum atomic E-state index is -7.65. The first-order valence-corrected chi connectivity index (χ1v) is 18.6. The fraction of sp³-hybridized carbons (Fsp3) is 0.750. The highest BCUT2D eigenvalue weighted by molar-refractivity contribution is 5.39. The first-order valence-electron chi connectivity index (χ1n) is 18.6. The second-order valence-corrected chi connectivity index (χ2v) is 15.1. The lowest BCUT2D eigenvalue weighted by Gasteiger charge is -2.33. The molecule has 0 aromatic carbocycles. The van der Waals surface area contributed by atoms with E-state index in [0.29, 0.717) is 14.1 Å². The van der Waals surface area contributed by atoms with Gasteiger partial charge in [-0.05, 0) is 0 Å². The van der Waals surface area contributed by atoms with Crippen LogP contribution in [0.5, 0.6) is 23.5 Å². The molecule has 454 valence electrons. The molecule has 46 heteroatoms. The van der Waals surface area contributed by atoms with Crippen LogP contribution in [0.2, 0.25) is 0 Å². The molecular formula is C32H20F36N6O4. The van der Waals surface area contributed by atoms with E-state index >= 15 is 0 Å². The average Bonchev–Trinajstić information content (AvgIpc) is 3.25. The van der Waals surface area contributed by atoms with E-state index in [9.17, 15) is 158 Å². The van der Waals surface area contributed by atoms with Gasteiger partial charge < -0.3 is 28.7 Å². The zero-order valence-corrected chi connectivity index (χ0v) is 36.3. The van der Waals surface area contributed by atoms with E-state index in [2.05, 4.69) is 38.9 Å². The SMILES string of the molecule is CN(CCN(C)c1nc(OCC(F)(F)C(F)(F)C(F)(F)C(F)(F)F)cc(OCC(F)(F)C(F)(F)C(F)(F)C(F)(F)F)n1)c1nc(OCC(F)(F)C(F)(F)C(F)(F)C(F)(F)F)cc(OCC(F)(F)C(F)(F)C(F)(F)C(F)(F)F)n1. The van der Waals surface area contributed by atoms with Gasteiger partial charge in [0.05, 0.1) is 12.1 Å². The van der Waals surface area contributed by atoms with Gasteiger partial charge in [0.1, 0.15) is 0 Å². The number of anilines is 2. The van der Waals surface area contributed by atoms with Crippen LogP contribution in [0.15, 0.2) is 12.1 Å². The van der Waals surface area contributed by atoms with Gasteiger partial charge in [-0.1, -0.05) is 0 Å². The average molecular weight is 1240 g/mol. The van der Waals surface area contributed by atoms with Gasteiger partial charge in [0, 0.05) is 27.2 Å². The molecule has 0 fully saturated rings. The number of ether oxygens (including phenoxy) is 4. The molecule has 0 amide bonds. The van der Waals surface area contributed by atoms with E-state index in [0.717, 1.165) is 0 Å². The Morgan fingerprint density at radius 3 is 0.577 bits per heavy atom. The summed E-state index contributed by atoms with van der Waals surface area (Å²) in [6.07, 6.45) is -29.9. The zero-order chi connectivity index (χ0) is 61.9. The van der Waals surface area contributed by atoms with Crippen LogP contribution in [-0.2, 0) is 0 Å². The van der Waals surface area contributed by atoms with Gasteiger partial charge in [-0.25, -0.2) is 0 Å². The van der Waals surface area contributed by atoms with Gasteiger partial charge in [-0.15, -0.1) is 0 Å². The lowest BCUT2D eigenvalue weighted by atomic mass is 10.0. The minimum absolute atomic E-state index is 0.163. The Morgan fingerprint density at radius 1 is 0.282 bits per heavy atom. The number of halogens is 36. The maximum Gasteiger partial charge on any atom is 0.460 e. The van der Waals surface area contributed by atoms with Crippen LogP contribution in [0.3, 0.4) is 0 Å². The molecule has 0 aliphatic rings.